The largest absolute Gasteiger partial charge is 0.507 e. The first kappa shape index (κ1) is 22.2. The van der Waals surface area contributed by atoms with E-state index in [1.54, 1.807) is 42.5 Å². The van der Waals surface area contributed by atoms with Crippen LogP contribution in [0.1, 0.15) is 43.9 Å². The first-order valence-electron chi connectivity index (χ1n) is 9.85. The molecule has 1 saturated heterocycles. The van der Waals surface area contributed by atoms with E-state index in [0.717, 1.165) is 6.42 Å². The van der Waals surface area contributed by atoms with Crippen LogP contribution in [-0.2, 0) is 9.59 Å². The summed E-state index contributed by atoms with van der Waals surface area (Å²) in [6.45, 7) is 4.89. The minimum atomic E-state index is -0.740. The lowest BCUT2D eigenvalue weighted by Gasteiger charge is -2.25. The number of nitrogens with zero attached hydrogens (tertiary/aromatic N) is 1. The smallest absolute Gasteiger partial charge is 0.295 e. The Hall–Kier alpha value is -2.50. The molecule has 7 heteroatoms. The number of aliphatic hydroxyl groups is 1. The van der Waals surface area contributed by atoms with Crippen molar-refractivity contribution < 1.29 is 19.4 Å². The number of hydrogen-bond donors (Lipinski definition) is 1. The number of carbonyl (C=O) groups excluding carboxylic acids is 2. The molecule has 2 aromatic rings. The minimum absolute atomic E-state index is 0.0362. The van der Waals surface area contributed by atoms with Crippen molar-refractivity contribution in [2.24, 2.45) is 0 Å². The fourth-order valence-electron chi connectivity index (χ4n) is 3.47. The van der Waals surface area contributed by atoms with E-state index in [2.05, 4.69) is 0 Å². The van der Waals surface area contributed by atoms with Crippen LogP contribution in [0, 0.1) is 0 Å². The highest BCUT2D eigenvalue weighted by molar-refractivity contribution is 6.46. The van der Waals surface area contributed by atoms with E-state index in [1.807, 2.05) is 13.8 Å². The topological polar surface area (TPSA) is 66.8 Å². The molecule has 1 fully saturated rings. The summed E-state index contributed by atoms with van der Waals surface area (Å²) in [6.07, 6.45) is 1.54. The number of Topliss-reactive ketones (excluding diaryl/α,β-unsaturated/α-hetero) is 1. The molecule has 30 heavy (non-hydrogen) atoms. The lowest BCUT2D eigenvalue weighted by atomic mass is 9.95. The van der Waals surface area contributed by atoms with Gasteiger partial charge in [0.15, 0.2) is 0 Å². The maximum absolute atomic E-state index is 12.9. The molecule has 158 valence electrons. The predicted molar refractivity (Wildman–Crippen MR) is 118 cm³/mol. The average molecular weight is 448 g/mol. The van der Waals surface area contributed by atoms with E-state index >= 15 is 0 Å². The Labute approximate surface area is 185 Å². The van der Waals surface area contributed by atoms with Crippen LogP contribution >= 0.6 is 23.2 Å². The lowest BCUT2D eigenvalue weighted by molar-refractivity contribution is -0.139. The molecule has 1 atom stereocenters. The number of benzene rings is 2. The highest BCUT2D eigenvalue weighted by Crippen LogP contribution is 2.41. The number of carbonyl (C=O) groups is 2. The Morgan fingerprint density at radius 3 is 2.33 bits per heavy atom. The first-order chi connectivity index (χ1) is 14.4. The van der Waals surface area contributed by atoms with Gasteiger partial charge in [0.2, 0.25) is 0 Å². The Balaban J connectivity index is 2.09. The number of halogens is 2. The highest BCUT2D eigenvalue weighted by Gasteiger charge is 2.45. The van der Waals surface area contributed by atoms with Crippen LogP contribution in [-0.4, -0.2) is 34.8 Å². The van der Waals surface area contributed by atoms with Gasteiger partial charge in [-0.25, -0.2) is 0 Å². The second-order valence-corrected chi connectivity index (χ2v) is 7.85. The van der Waals surface area contributed by atoms with Crippen molar-refractivity contribution in [3.63, 3.8) is 0 Å². The van der Waals surface area contributed by atoms with Crippen LogP contribution in [0.4, 0.5) is 0 Å². The van der Waals surface area contributed by atoms with Crippen LogP contribution < -0.4 is 4.74 Å². The monoisotopic (exact) mass is 447 g/mol. The number of likely N-dealkylation sites (tertiary alicyclic amines) is 1. The molecule has 1 N–H and O–H groups in total. The zero-order valence-electron chi connectivity index (χ0n) is 16.8. The van der Waals surface area contributed by atoms with Gasteiger partial charge in [-0.3, -0.25) is 9.59 Å². The van der Waals surface area contributed by atoms with Crippen molar-refractivity contribution in [3.8, 4) is 5.75 Å². The number of ketones is 1. The predicted octanol–water partition coefficient (Wildman–Crippen LogP) is 5.61. The van der Waals surface area contributed by atoms with E-state index in [0.29, 0.717) is 46.5 Å². The summed E-state index contributed by atoms with van der Waals surface area (Å²) in [5.74, 6) is -0.924. The second-order valence-electron chi connectivity index (χ2n) is 7.04. The molecule has 0 aliphatic carbocycles. The number of aliphatic hydroxyl groups excluding tert-OH is 1. The van der Waals surface area contributed by atoms with Crippen molar-refractivity contribution in [2.45, 2.75) is 32.7 Å². The van der Waals surface area contributed by atoms with Gasteiger partial charge < -0.3 is 14.7 Å². The van der Waals surface area contributed by atoms with Crippen molar-refractivity contribution >= 4 is 40.7 Å². The zero-order valence-corrected chi connectivity index (χ0v) is 18.3. The van der Waals surface area contributed by atoms with E-state index in [1.165, 1.54) is 4.90 Å². The molecular weight excluding hydrogens is 425 g/mol. The molecule has 1 amide bonds. The molecule has 1 heterocycles. The Kier molecular flexibility index (Phi) is 7.06. The van der Waals surface area contributed by atoms with Gasteiger partial charge in [-0.2, -0.15) is 0 Å². The summed E-state index contributed by atoms with van der Waals surface area (Å²) in [5.41, 5.74) is 1.08. The fraction of sp³-hybridized carbons (Fsp3) is 0.304. The summed E-state index contributed by atoms with van der Waals surface area (Å²) in [5, 5.41) is 11.7. The summed E-state index contributed by atoms with van der Waals surface area (Å²) in [7, 11) is 0. The van der Waals surface area contributed by atoms with Crippen molar-refractivity contribution in [2.75, 3.05) is 13.2 Å². The molecule has 5 nitrogen and oxygen atoms in total. The molecule has 0 aromatic heterocycles. The van der Waals surface area contributed by atoms with E-state index in [4.69, 9.17) is 27.9 Å². The zero-order chi connectivity index (χ0) is 21.8. The number of rotatable bonds is 7. The van der Waals surface area contributed by atoms with Crippen molar-refractivity contribution in [1.82, 2.24) is 4.90 Å². The van der Waals surface area contributed by atoms with Gasteiger partial charge in [-0.1, -0.05) is 43.1 Å². The molecule has 3 rings (SSSR count). The summed E-state index contributed by atoms with van der Waals surface area (Å²) < 4.78 is 5.56. The summed E-state index contributed by atoms with van der Waals surface area (Å²) >= 11 is 12.2. The van der Waals surface area contributed by atoms with Gasteiger partial charge in [0.1, 0.15) is 11.5 Å². The molecule has 2 aromatic carbocycles. The van der Waals surface area contributed by atoms with Crippen molar-refractivity contribution in [3.05, 3.63) is 69.2 Å². The average Bonchev–Trinajstić information content (AvgIpc) is 2.99. The summed E-state index contributed by atoms with van der Waals surface area (Å²) in [4.78, 5) is 27.0. The van der Waals surface area contributed by atoms with Crippen LogP contribution in [0.15, 0.2) is 48.0 Å². The number of amides is 1. The maximum Gasteiger partial charge on any atom is 0.295 e. The number of ether oxygens (including phenoxy) is 1. The molecule has 1 aliphatic rings. The second kappa shape index (κ2) is 9.54. The lowest BCUT2D eigenvalue weighted by Crippen LogP contribution is -2.30. The minimum Gasteiger partial charge on any atom is -0.507 e. The van der Waals surface area contributed by atoms with Crippen molar-refractivity contribution in [1.29, 1.82) is 0 Å². The van der Waals surface area contributed by atoms with Gasteiger partial charge >= 0.3 is 0 Å². The Bertz CT molecular complexity index is 985. The standard InChI is InChI=1S/C23H23Cl2NO4/c1-3-11-26-20(15-7-10-17(24)18(25)13-15)19(22(28)23(26)29)21(27)14-5-8-16(9-6-14)30-12-4-2/h5-10,13,20,27H,3-4,11-12H2,1-2H3/b21-19-. The van der Waals surface area contributed by atoms with Gasteiger partial charge in [0, 0.05) is 12.1 Å². The van der Waals surface area contributed by atoms with Crippen LogP contribution in [0.3, 0.4) is 0 Å². The third kappa shape index (κ3) is 4.32. The molecule has 0 spiro atoms. The summed E-state index contributed by atoms with van der Waals surface area (Å²) in [6, 6.07) is 11.0. The molecule has 0 bridgehead atoms. The quantitative estimate of drug-likeness (QED) is 0.340. The van der Waals surface area contributed by atoms with Crippen LogP contribution in [0.2, 0.25) is 10.0 Å². The van der Waals surface area contributed by atoms with Gasteiger partial charge in [0.05, 0.1) is 28.3 Å². The van der Waals surface area contributed by atoms with Crippen LogP contribution in [0.5, 0.6) is 5.75 Å². The third-order valence-electron chi connectivity index (χ3n) is 4.86. The Morgan fingerprint density at radius 2 is 1.73 bits per heavy atom. The first-order valence-corrected chi connectivity index (χ1v) is 10.6. The van der Waals surface area contributed by atoms with E-state index in [9.17, 15) is 14.7 Å². The van der Waals surface area contributed by atoms with Crippen LogP contribution in [0.25, 0.3) is 5.76 Å². The molecular formula is C23H23Cl2NO4. The molecule has 1 aliphatic heterocycles. The Morgan fingerprint density at radius 1 is 1.03 bits per heavy atom. The fourth-order valence-corrected chi connectivity index (χ4v) is 3.77. The normalized spacial score (nSPS) is 18.1. The number of hydrogen-bond acceptors (Lipinski definition) is 4. The highest BCUT2D eigenvalue weighted by atomic mass is 35.5. The van der Waals surface area contributed by atoms with Gasteiger partial charge in [0.25, 0.3) is 11.7 Å². The SMILES string of the molecule is CCCOc1ccc(/C(O)=C2/C(=O)C(=O)N(CCC)C2c2ccc(Cl)c(Cl)c2)cc1. The molecule has 0 saturated carbocycles. The molecule has 1 unspecified atom stereocenters. The van der Waals surface area contributed by atoms with E-state index < -0.39 is 17.7 Å². The molecule has 0 radical (unpaired) electrons. The van der Waals surface area contributed by atoms with Gasteiger partial charge in [-0.15, -0.1) is 0 Å². The third-order valence-corrected chi connectivity index (χ3v) is 5.60. The van der Waals surface area contributed by atoms with Gasteiger partial charge in [-0.05, 0) is 54.8 Å². The maximum atomic E-state index is 12.9. The van der Waals surface area contributed by atoms with E-state index in [-0.39, 0.29) is 11.3 Å².